The number of halogens is 2. The van der Waals surface area contributed by atoms with Crippen LogP contribution in [0, 0.1) is 0 Å². The van der Waals surface area contributed by atoms with Gasteiger partial charge in [-0.2, -0.15) is 8.75 Å². The SMILES string of the molecule is [Cl-].[Cl-].c1cc[n+](Cc2ccc(C[n+]3ccccc3)c3nsnc23)cc1. The molecule has 0 aliphatic heterocycles. The van der Waals surface area contributed by atoms with Gasteiger partial charge in [-0.1, -0.05) is 12.1 Å². The van der Waals surface area contributed by atoms with Crippen molar-refractivity contribution in [2.75, 3.05) is 0 Å². The highest BCUT2D eigenvalue weighted by molar-refractivity contribution is 7.00. The summed E-state index contributed by atoms with van der Waals surface area (Å²) in [6.45, 7) is 1.61. The lowest BCUT2D eigenvalue weighted by Crippen LogP contribution is -3.00. The number of pyridine rings is 2. The molecule has 0 aliphatic rings. The highest BCUT2D eigenvalue weighted by Crippen LogP contribution is 2.21. The lowest BCUT2D eigenvalue weighted by atomic mass is 10.1. The van der Waals surface area contributed by atoms with Crippen LogP contribution in [-0.4, -0.2) is 8.75 Å². The molecule has 1 aromatic carbocycles. The van der Waals surface area contributed by atoms with Gasteiger partial charge in [0.15, 0.2) is 37.9 Å². The Labute approximate surface area is 162 Å². The van der Waals surface area contributed by atoms with E-state index in [0.29, 0.717) is 0 Å². The van der Waals surface area contributed by atoms with E-state index in [-0.39, 0.29) is 24.8 Å². The predicted molar refractivity (Wildman–Crippen MR) is 88.9 cm³/mol. The molecule has 4 rings (SSSR count). The number of hydrogen-bond acceptors (Lipinski definition) is 3. The zero-order valence-corrected chi connectivity index (χ0v) is 15.6. The van der Waals surface area contributed by atoms with E-state index in [1.165, 1.54) is 22.9 Å². The normalized spacial score (nSPS) is 10.1. The third kappa shape index (κ3) is 4.31. The average Bonchev–Trinajstić information content (AvgIpc) is 3.09. The summed E-state index contributed by atoms with van der Waals surface area (Å²) in [4.78, 5) is 0. The van der Waals surface area contributed by atoms with Gasteiger partial charge in [-0.25, -0.2) is 9.13 Å². The molecule has 25 heavy (non-hydrogen) atoms. The number of hydrogen-bond donors (Lipinski definition) is 0. The molecule has 4 nitrogen and oxygen atoms in total. The van der Waals surface area contributed by atoms with E-state index in [9.17, 15) is 0 Å². The molecule has 0 spiro atoms. The average molecular weight is 391 g/mol. The molecule has 0 radical (unpaired) electrons. The van der Waals surface area contributed by atoms with Crippen LogP contribution in [0.4, 0.5) is 0 Å². The Morgan fingerprint density at radius 1 is 0.640 bits per heavy atom. The van der Waals surface area contributed by atoms with Crippen molar-refractivity contribution in [3.8, 4) is 0 Å². The number of benzene rings is 1. The molecule has 0 amide bonds. The van der Waals surface area contributed by atoms with Crippen molar-refractivity contribution in [3.05, 3.63) is 84.4 Å². The summed E-state index contributed by atoms with van der Waals surface area (Å²) in [5.41, 5.74) is 4.43. The zero-order chi connectivity index (χ0) is 15.5. The van der Waals surface area contributed by atoms with Crippen LogP contribution in [0.3, 0.4) is 0 Å². The minimum atomic E-state index is 0. The highest BCUT2D eigenvalue weighted by atomic mass is 35.5. The molecule has 0 bridgehead atoms. The second-order valence-electron chi connectivity index (χ2n) is 5.44. The molecule has 0 N–H and O–H groups in total. The van der Waals surface area contributed by atoms with Crippen molar-refractivity contribution in [3.63, 3.8) is 0 Å². The summed E-state index contributed by atoms with van der Waals surface area (Å²) in [7, 11) is 0. The molecule has 0 fully saturated rings. The van der Waals surface area contributed by atoms with Gasteiger partial charge in [0.25, 0.3) is 0 Å². The van der Waals surface area contributed by atoms with Gasteiger partial charge in [0, 0.05) is 35.4 Å². The molecule has 0 saturated heterocycles. The first-order chi connectivity index (χ1) is 11.4. The van der Waals surface area contributed by atoms with Crippen LogP contribution in [0.1, 0.15) is 11.1 Å². The second kappa shape index (κ2) is 8.85. The van der Waals surface area contributed by atoms with Crippen LogP contribution >= 0.6 is 11.7 Å². The Hall–Kier alpha value is -2.08. The van der Waals surface area contributed by atoms with Crippen LogP contribution in [0.15, 0.2) is 73.3 Å². The van der Waals surface area contributed by atoms with Crippen LogP contribution in [0.2, 0.25) is 0 Å². The predicted octanol–water partition coefficient (Wildman–Crippen LogP) is -3.63. The number of aromatic nitrogens is 4. The van der Waals surface area contributed by atoms with Crippen LogP contribution < -0.4 is 33.9 Å². The zero-order valence-electron chi connectivity index (χ0n) is 13.3. The smallest absolute Gasteiger partial charge is 0.176 e. The van der Waals surface area contributed by atoms with E-state index in [2.05, 4.69) is 54.8 Å². The first-order valence-electron chi connectivity index (χ1n) is 7.51. The molecule has 128 valence electrons. The van der Waals surface area contributed by atoms with Gasteiger partial charge >= 0.3 is 0 Å². The molecular weight excluding hydrogens is 375 g/mol. The molecule has 7 heteroatoms. The van der Waals surface area contributed by atoms with Crippen LogP contribution in [-0.2, 0) is 13.1 Å². The van der Waals surface area contributed by atoms with Crippen molar-refractivity contribution >= 4 is 22.8 Å². The van der Waals surface area contributed by atoms with E-state index in [0.717, 1.165) is 24.1 Å². The van der Waals surface area contributed by atoms with E-state index in [1.54, 1.807) is 0 Å². The fraction of sp³-hybridized carbons (Fsp3) is 0.111. The summed E-state index contributed by atoms with van der Waals surface area (Å²) in [5.74, 6) is 0. The van der Waals surface area contributed by atoms with Gasteiger partial charge in [-0.05, 0) is 12.1 Å². The first-order valence-corrected chi connectivity index (χ1v) is 8.24. The number of nitrogens with zero attached hydrogens (tertiary/aromatic N) is 4. The van der Waals surface area contributed by atoms with Gasteiger partial charge in [0.2, 0.25) is 0 Å². The van der Waals surface area contributed by atoms with E-state index in [1.807, 2.05) is 36.4 Å². The van der Waals surface area contributed by atoms with E-state index >= 15 is 0 Å². The van der Waals surface area contributed by atoms with E-state index < -0.39 is 0 Å². The minimum Gasteiger partial charge on any atom is -1.00 e. The molecule has 0 aliphatic carbocycles. The maximum Gasteiger partial charge on any atom is 0.176 e. The Bertz CT molecular complexity index is 854. The van der Waals surface area contributed by atoms with Crippen molar-refractivity contribution in [2.45, 2.75) is 13.1 Å². The minimum absolute atomic E-state index is 0. The molecule has 3 heterocycles. The van der Waals surface area contributed by atoms with Gasteiger partial charge in [-0.15, -0.1) is 0 Å². The Balaban J connectivity index is 0.00000113. The highest BCUT2D eigenvalue weighted by Gasteiger charge is 2.15. The molecule has 0 atom stereocenters. The van der Waals surface area contributed by atoms with Crippen molar-refractivity contribution < 1.29 is 33.9 Å². The number of fused-ring (bicyclic) bond motifs is 1. The number of rotatable bonds is 4. The lowest BCUT2D eigenvalue weighted by Gasteiger charge is -2.02. The van der Waals surface area contributed by atoms with Crippen molar-refractivity contribution in [1.29, 1.82) is 0 Å². The molecule has 0 saturated carbocycles. The Kier molecular flexibility index (Phi) is 6.82. The third-order valence-corrected chi connectivity index (χ3v) is 4.37. The maximum atomic E-state index is 4.53. The monoisotopic (exact) mass is 390 g/mol. The molecule has 0 unspecified atom stereocenters. The van der Waals surface area contributed by atoms with Gasteiger partial charge in [0.1, 0.15) is 11.0 Å². The van der Waals surface area contributed by atoms with E-state index in [4.69, 9.17) is 0 Å². The topological polar surface area (TPSA) is 33.5 Å². The third-order valence-electron chi connectivity index (χ3n) is 3.84. The summed E-state index contributed by atoms with van der Waals surface area (Å²) >= 11 is 1.28. The van der Waals surface area contributed by atoms with Crippen molar-refractivity contribution in [1.82, 2.24) is 8.75 Å². The lowest BCUT2D eigenvalue weighted by molar-refractivity contribution is -0.688. The Morgan fingerprint density at radius 2 is 1.04 bits per heavy atom. The summed E-state index contributed by atoms with van der Waals surface area (Å²) in [6.07, 6.45) is 8.28. The van der Waals surface area contributed by atoms with Crippen LogP contribution in [0.25, 0.3) is 11.0 Å². The van der Waals surface area contributed by atoms with Gasteiger partial charge in [0.05, 0.1) is 11.7 Å². The van der Waals surface area contributed by atoms with Gasteiger partial charge < -0.3 is 24.8 Å². The van der Waals surface area contributed by atoms with Crippen LogP contribution in [0.5, 0.6) is 0 Å². The van der Waals surface area contributed by atoms with Crippen molar-refractivity contribution in [2.24, 2.45) is 0 Å². The second-order valence-corrected chi connectivity index (χ2v) is 5.97. The largest absolute Gasteiger partial charge is 1.00 e. The fourth-order valence-electron chi connectivity index (χ4n) is 2.70. The molecule has 4 aromatic rings. The Morgan fingerprint density at radius 3 is 1.44 bits per heavy atom. The standard InChI is InChI=1S/C18H16N4S.2ClH/c1-3-9-21(10-4-1)13-15-7-8-16(18-17(15)19-23-20-18)14-22-11-5-2-6-12-22;;/h1-12H,13-14H2;2*1H/q+2;;/p-2. The summed E-state index contributed by atoms with van der Waals surface area (Å²) < 4.78 is 13.4. The molecule has 3 aromatic heterocycles. The summed E-state index contributed by atoms with van der Waals surface area (Å²) in [6, 6.07) is 16.5. The quantitative estimate of drug-likeness (QED) is 0.337. The maximum absolute atomic E-state index is 4.53. The summed E-state index contributed by atoms with van der Waals surface area (Å²) in [5, 5.41) is 0. The fourth-order valence-corrected chi connectivity index (χ4v) is 3.31. The molecular formula is C18H16Cl2N4S. The first kappa shape index (κ1) is 19.2. The van der Waals surface area contributed by atoms with Gasteiger partial charge in [-0.3, -0.25) is 0 Å².